The summed E-state index contributed by atoms with van der Waals surface area (Å²) >= 11 is 9.55. The van der Waals surface area contributed by atoms with Gasteiger partial charge in [-0.1, -0.05) is 34.5 Å². The highest BCUT2D eigenvalue weighted by Gasteiger charge is 2.06. The average molecular weight is 307 g/mol. The van der Waals surface area contributed by atoms with E-state index in [1.165, 1.54) is 0 Å². The van der Waals surface area contributed by atoms with Gasteiger partial charge >= 0.3 is 0 Å². The molecular formula is C12H17BrClNO. The molecule has 90 valence electrons. The van der Waals surface area contributed by atoms with Crippen molar-refractivity contribution < 1.29 is 4.74 Å². The molecule has 1 aromatic rings. The van der Waals surface area contributed by atoms with Crippen molar-refractivity contribution in [1.29, 1.82) is 0 Å². The molecule has 0 saturated heterocycles. The molecule has 0 aliphatic heterocycles. The van der Waals surface area contributed by atoms with Crippen LogP contribution in [0.5, 0.6) is 0 Å². The molecule has 0 aromatic heterocycles. The van der Waals surface area contributed by atoms with Crippen LogP contribution in [0, 0.1) is 0 Å². The normalized spacial score (nSPS) is 12.8. The second kappa shape index (κ2) is 7.28. The number of ether oxygens (including phenoxy) is 1. The molecule has 0 aliphatic rings. The molecule has 0 heterocycles. The third-order valence-corrected chi connectivity index (χ3v) is 3.31. The first-order chi connectivity index (χ1) is 7.67. The molecular weight excluding hydrogens is 289 g/mol. The van der Waals surface area contributed by atoms with E-state index in [1.807, 2.05) is 18.2 Å². The zero-order valence-electron chi connectivity index (χ0n) is 9.59. The van der Waals surface area contributed by atoms with Gasteiger partial charge in [-0.3, -0.25) is 0 Å². The Morgan fingerprint density at radius 1 is 1.50 bits per heavy atom. The van der Waals surface area contributed by atoms with Crippen LogP contribution in [0.3, 0.4) is 0 Å². The van der Waals surface area contributed by atoms with E-state index in [0.29, 0.717) is 6.04 Å². The third kappa shape index (κ3) is 4.42. The predicted octanol–water partition coefficient (Wildman–Crippen LogP) is 3.62. The van der Waals surface area contributed by atoms with Gasteiger partial charge in [-0.15, -0.1) is 0 Å². The number of nitrogens with one attached hydrogen (secondary N) is 1. The first kappa shape index (κ1) is 14.0. The second-order valence-electron chi connectivity index (χ2n) is 3.68. The van der Waals surface area contributed by atoms with Crippen LogP contribution in [0.25, 0.3) is 0 Å². The van der Waals surface area contributed by atoms with E-state index in [-0.39, 0.29) is 0 Å². The molecule has 0 saturated carbocycles. The summed E-state index contributed by atoms with van der Waals surface area (Å²) in [6.07, 6.45) is 1.04. The number of hydrogen-bond donors (Lipinski definition) is 1. The van der Waals surface area contributed by atoms with Crippen molar-refractivity contribution in [3.05, 3.63) is 33.3 Å². The van der Waals surface area contributed by atoms with E-state index < -0.39 is 0 Å². The van der Waals surface area contributed by atoms with Crippen LogP contribution in [-0.2, 0) is 11.3 Å². The molecule has 2 nitrogen and oxygen atoms in total. The molecule has 16 heavy (non-hydrogen) atoms. The smallest absolute Gasteiger partial charge is 0.0615 e. The lowest BCUT2D eigenvalue weighted by molar-refractivity contribution is 0.164. The zero-order chi connectivity index (χ0) is 12.0. The number of methoxy groups -OCH3 is 1. The van der Waals surface area contributed by atoms with Gasteiger partial charge in [0.05, 0.1) is 6.61 Å². The Balaban J connectivity index is 2.55. The first-order valence-electron chi connectivity index (χ1n) is 5.33. The highest BCUT2D eigenvalue weighted by atomic mass is 79.9. The van der Waals surface area contributed by atoms with E-state index in [2.05, 4.69) is 28.2 Å². The average Bonchev–Trinajstić information content (AvgIpc) is 2.28. The first-order valence-corrected chi connectivity index (χ1v) is 6.50. The quantitative estimate of drug-likeness (QED) is 0.867. The van der Waals surface area contributed by atoms with Gasteiger partial charge < -0.3 is 10.1 Å². The van der Waals surface area contributed by atoms with E-state index in [0.717, 1.165) is 34.6 Å². The number of halogens is 2. The van der Waals surface area contributed by atoms with E-state index in [9.17, 15) is 0 Å². The largest absolute Gasteiger partial charge is 0.383 e. The monoisotopic (exact) mass is 305 g/mol. The fraction of sp³-hybridized carbons (Fsp3) is 0.500. The van der Waals surface area contributed by atoms with Crippen molar-refractivity contribution in [2.45, 2.75) is 25.9 Å². The van der Waals surface area contributed by atoms with Gasteiger partial charge in [0.2, 0.25) is 0 Å². The van der Waals surface area contributed by atoms with Crippen LogP contribution in [0.1, 0.15) is 18.9 Å². The highest BCUT2D eigenvalue weighted by molar-refractivity contribution is 9.10. The lowest BCUT2D eigenvalue weighted by atomic mass is 10.2. The molecule has 1 N–H and O–H groups in total. The maximum atomic E-state index is 6.11. The molecule has 1 atom stereocenters. The minimum absolute atomic E-state index is 0.375. The van der Waals surface area contributed by atoms with Crippen molar-refractivity contribution in [3.8, 4) is 0 Å². The van der Waals surface area contributed by atoms with Crippen molar-refractivity contribution in [2.24, 2.45) is 0 Å². The van der Waals surface area contributed by atoms with Crippen LogP contribution < -0.4 is 5.32 Å². The topological polar surface area (TPSA) is 21.3 Å². The number of rotatable bonds is 6. The lowest BCUT2D eigenvalue weighted by Crippen LogP contribution is -2.32. The molecule has 0 aliphatic carbocycles. The summed E-state index contributed by atoms with van der Waals surface area (Å²) in [4.78, 5) is 0. The Kier molecular flexibility index (Phi) is 6.36. The molecule has 4 heteroatoms. The summed E-state index contributed by atoms with van der Waals surface area (Å²) in [6.45, 7) is 3.63. The van der Waals surface area contributed by atoms with Gasteiger partial charge in [0, 0.05) is 29.2 Å². The molecule has 0 fully saturated rings. The summed E-state index contributed by atoms with van der Waals surface area (Å²) in [7, 11) is 1.72. The number of hydrogen-bond acceptors (Lipinski definition) is 2. The standard InChI is InChI=1S/C12H17BrClNO/c1-3-11(8-16-2)15-7-9-6-10(13)4-5-12(9)14/h4-6,11,15H,3,7-8H2,1-2H3. The Hall–Kier alpha value is -0.0900. The zero-order valence-corrected chi connectivity index (χ0v) is 11.9. The summed E-state index contributed by atoms with van der Waals surface area (Å²) in [5, 5.41) is 4.22. The van der Waals surface area contributed by atoms with Crippen LogP contribution in [0.15, 0.2) is 22.7 Å². The Morgan fingerprint density at radius 2 is 2.25 bits per heavy atom. The SMILES string of the molecule is CCC(COC)NCc1cc(Br)ccc1Cl. The summed E-state index contributed by atoms with van der Waals surface area (Å²) < 4.78 is 6.18. The van der Waals surface area contributed by atoms with Gasteiger partial charge in [0.25, 0.3) is 0 Å². The molecule has 0 bridgehead atoms. The fourth-order valence-corrected chi connectivity index (χ4v) is 2.05. The van der Waals surface area contributed by atoms with Crippen molar-refractivity contribution in [3.63, 3.8) is 0 Å². The maximum absolute atomic E-state index is 6.11. The van der Waals surface area contributed by atoms with Gasteiger partial charge in [0.15, 0.2) is 0 Å². The van der Waals surface area contributed by atoms with E-state index in [4.69, 9.17) is 16.3 Å². The van der Waals surface area contributed by atoms with Gasteiger partial charge in [-0.05, 0) is 30.2 Å². The Morgan fingerprint density at radius 3 is 2.88 bits per heavy atom. The Labute approximate surface area is 110 Å². The van der Waals surface area contributed by atoms with E-state index in [1.54, 1.807) is 7.11 Å². The van der Waals surface area contributed by atoms with Gasteiger partial charge in [-0.2, -0.15) is 0 Å². The molecule has 0 radical (unpaired) electrons. The van der Waals surface area contributed by atoms with Crippen LogP contribution in [0.4, 0.5) is 0 Å². The minimum Gasteiger partial charge on any atom is -0.383 e. The summed E-state index contributed by atoms with van der Waals surface area (Å²) in [5.41, 5.74) is 1.10. The van der Waals surface area contributed by atoms with Crippen LogP contribution in [-0.4, -0.2) is 19.8 Å². The predicted molar refractivity (Wildman–Crippen MR) is 71.9 cm³/mol. The van der Waals surface area contributed by atoms with Crippen molar-refractivity contribution in [2.75, 3.05) is 13.7 Å². The van der Waals surface area contributed by atoms with Crippen LogP contribution >= 0.6 is 27.5 Å². The molecule has 1 rings (SSSR count). The summed E-state index contributed by atoms with van der Waals surface area (Å²) in [6, 6.07) is 6.26. The number of benzene rings is 1. The molecule has 1 unspecified atom stereocenters. The van der Waals surface area contributed by atoms with E-state index >= 15 is 0 Å². The van der Waals surface area contributed by atoms with Crippen molar-refractivity contribution >= 4 is 27.5 Å². The minimum atomic E-state index is 0.375. The van der Waals surface area contributed by atoms with Gasteiger partial charge in [-0.25, -0.2) is 0 Å². The Bertz CT molecular complexity index is 333. The molecule has 0 amide bonds. The summed E-state index contributed by atoms with van der Waals surface area (Å²) in [5.74, 6) is 0. The van der Waals surface area contributed by atoms with Gasteiger partial charge in [0.1, 0.15) is 0 Å². The third-order valence-electron chi connectivity index (χ3n) is 2.45. The maximum Gasteiger partial charge on any atom is 0.0615 e. The highest BCUT2D eigenvalue weighted by Crippen LogP contribution is 2.20. The van der Waals surface area contributed by atoms with Crippen LogP contribution in [0.2, 0.25) is 5.02 Å². The van der Waals surface area contributed by atoms with Crippen molar-refractivity contribution in [1.82, 2.24) is 5.32 Å². The fourth-order valence-electron chi connectivity index (χ4n) is 1.46. The lowest BCUT2D eigenvalue weighted by Gasteiger charge is -2.16. The second-order valence-corrected chi connectivity index (χ2v) is 5.00. The molecule has 1 aromatic carbocycles. The molecule has 0 spiro atoms.